The zero-order chi connectivity index (χ0) is 41.8. The van der Waals surface area contributed by atoms with Crippen molar-refractivity contribution in [1.82, 2.24) is 0 Å². The summed E-state index contributed by atoms with van der Waals surface area (Å²) in [7, 11) is 1.60. The second-order valence-corrected chi connectivity index (χ2v) is 19.5. The summed E-state index contributed by atoms with van der Waals surface area (Å²) in [5.41, 5.74) is 13.1. The van der Waals surface area contributed by atoms with Crippen LogP contribution in [-0.2, 0) is 67.9 Å². The van der Waals surface area contributed by atoms with E-state index in [1.54, 1.807) is 65.7 Å². The number of hydrogen-bond acceptors (Lipinski definition) is 0. The summed E-state index contributed by atoms with van der Waals surface area (Å²) in [6.45, 7) is 18.5. The monoisotopic (exact) mass is 879 g/mol. The zero-order valence-corrected chi connectivity index (χ0v) is 42.2. The van der Waals surface area contributed by atoms with E-state index in [1.165, 1.54) is 154 Å². The number of aryl methyl sites for hydroxylation is 4. The van der Waals surface area contributed by atoms with E-state index in [1.807, 2.05) is 0 Å². The van der Waals surface area contributed by atoms with Crippen LogP contribution < -0.4 is 21.2 Å². The van der Waals surface area contributed by atoms with Crippen LogP contribution in [0.2, 0.25) is 0 Å². The van der Waals surface area contributed by atoms with Gasteiger partial charge in [-0.3, -0.25) is 0 Å². The number of rotatable bonds is 28. The van der Waals surface area contributed by atoms with Crippen molar-refractivity contribution >= 4 is 38.4 Å². The number of hydrogen-bond donors (Lipinski definition) is 0. The molecule has 0 aliphatic rings. The van der Waals surface area contributed by atoms with E-state index in [-0.39, 0.29) is 16.5 Å². The molecule has 0 aliphatic heterocycles. The van der Waals surface area contributed by atoms with Crippen molar-refractivity contribution in [3.8, 4) is 0 Å². The van der Waals surface area contributed by atoms with Gasteiger partial charge in [-0.25, -0.2) is 0 Å². The maximum atomic E-state index is 2.42. The molecule has 0 atom stereocenters. The van der Waals surface area contributed by atoms with E-state index in [0.29, 0.717) is 0 Å². The maximum Gasteiger partial charge on any atom is 0 e. The minimum atomic E-state index is 0. The third-order valence-corrected chi connectivity index (χ3v) is 14.9. The molecule has 0 spiro atoms. The third kappa shape index (κ3) is 18.6. The van der Waals surface area contributed by atoms with Gasteiger partial charge < -0.3 is 0 Å². The fourth-order valence-electron chi connectivity index (χ4n) is 8.30. The number of unbranched alkanes of at least 4 members (excludes halogenated alkanes) is 8. The van der Waals surface area contributed by atoms with Gasteiger partial charge in [0.15, 0.2) is 0 Å². The SMILES string of the molecule is CCCCc1cccc(Pc2cccc(CCCC)c2CCCC)c1CCCC.CCCCc1cccc(Pc2cccc(CCCC)c2CCCC)c1CCCC.[Ni]. The van der Waals surface area contributed by atoms with Crippen molar-refractivity contribution in [3.05, 3.63) is 117 Å². The van der Waals surface area contributed by atoms with Gasteiger partial charge in [0.25, 0.3) is 0 Å². The first-order valence-electron chi connectivity index (χ1n) is 24.5. The van der Waals surface area contributed by atoms with E-state index < -0.39 is 0 Å². The largest absolute Gasteiger partial charge is 0.0654 e. The van der Waals surface area contributed by atoms with Crippen LogP contribution in [0, 0.1) is 0 Å². The first kappa shape index (κ1) is 53.4. The summed E-state index contributed by atoms with van der Waals surface area (Å²) in [5.74, 6) is 0. The second-order valence-electron chi connectivity index (χ2n) is 16.9. The Labute approximate surface area is 379 Å². The van der Waals surface area contributed by atoms with Crippen molar-refractivity contribution in [2.45, 2.75) is 209 Å². The molecule has 0 fully saturated rings. The van der Waals surface area contributed by atoms with Crippen molar-refractivity contribution in [3.63, 3.8) is 0 Å². The van der Waals surface area contributed by atoms with Crippen LogP contribution in [0.5, 0.6) is 0 Å². The summed E-state index contributed by atoms with van der Waals surface area (Å²) >= 11 is 0. The van der Waals surface area contributed by atoms with Gasteiger partial charge in [0.2, 0.25) is 0 Å². The summed E-state index contributed by atoms with van der Waals surface area (Å²) in [6, 6.07) is 28.5. The zero-order valence-electron chi connectivity index (χ0n) is 39.2. The smallest absolute Gasteiger partial charge is 0 e. The normalized spacial score (nSPS) is 11.0. The third-order valence-electron chi connectivity index (χ3n) is 12.0. The van der Waals surface area contributed by atoms with Crippen molar-refractivity contribution in [1.29, 1.82) is 0 Å². The van der Waals surface area contributed by atoms with E-state index >= 15 is 0 Å². The first-order valence-corrected chi connectivity index (χ1v) is 26.5. The van der Waals surface area contributed by atoms with E-state index in [4.69, 9.17) is 0 Å². The van der Waals surface area contributed by atoms with Gasteiger partial charge in [0.1, 0.15) is 0 Å². The Morgan fingerprint density at radius 1 is 0.271 bits per heavy atom. The molecule has 0 bridgehead atoms. The molecule has 0 nitrogen and oxygen atoms in total. The summed E-state index contributed by atoms with van der Waals surface area (Å²) < 4.78 is 0. The van der Waals surface area contributed by atoms with Gasteiger partial charge in [-0.15, -0.1) is 0 Å². The molecule has 4 aromatic carbocycles. The average Bonchev–Trinajstić information content (AvgIpc) is 3.24. The molecule has 0 aliphatic carbocycles. The van der Waals surface area contributed by atoms with Crippen LogP contribution in [0.4, 0.5) is 0 Å². The fraction of sp³-hybridized carbons (Fsp3) is 0.571. The van der Waals surface area contributed by atoms with E-state index in [0.717, 1.165) is 17.2 Å². The quantitative estimate of drug-likeness (QED) is 0.0394. The molecule has 4 aromatic rings. The van der Waals surface area contributed by atoms with Gasteiger partial charge in [-0.05, 0) is 168 Å². The van der Waals surface area contributed by atoms with Gasteiger partial charge in [0, 0.05) is 16.5 Å². The van der Waals surface area contributed by atoms with Gasteiger partial charge in [0.05, 0.1) is 0 Å². The molecule has 0 N–H and O–H groups in total. The predicted molar refractivity (Wildman–Crippen MR) is 270 cm³/mol. The standard InChI is InChI=1S/2C28H43P.Ni/c2*1-5-9-15-23-17-13-21-27(25(23)19-11-7-3)29-28-22-14-18-24(16-10-6-2)26(28)20-12-8-4;/h2*13-14,17-18,21-22,29H,5-12,15-16,19-20H2,1-4H3;. The molecule has 0 saturated carbocycles. The van der Waals surface area contributed by atoms with Crippen LogP contribution in [0.15, 0.2) is 72.8 Å². The van der Waals surface area contributed by atoms with Crippen molar-refractivity contribution < 1.29 is 16.5 Å². The molecule has 0 radical (unpaired) electrons. The Balaban J connectivity index is 0.000000400. The minimum absolute atomic E-state index is 0. The maximum absolute atomic E-state index is 2.42. The molecule has 0 amide bonds. The molecule has 3 heteroatoms. The summed E-state index contributed by atoms with van der Waals surface area (Å²) in [4.78, 5) is 0. The minimum Gasteiger partial charge on any atom is -0.0654 e. The van der Waals surface area contributed by atoms with Gasteiger partial charge in [-0.1, -0.05) is 197 Å². The predicted octanol–water partition coefficient (Wildman–Crippen LogP) is 15.4. The summed E-state index contributed by atoms with van der Waals surface area (Å²) in [5, 5.41) is 6.43. The van der Waals surface area contributed by atoms with E-state index in [9.17, 15) is 0 Å². The molecule has 330 valence electrons. The topological polar surface area (TPSA) is 0 Å². The molecular formula is C56H86NiP2. The van der Waals surface area contributed by atoms with Gasteiger partial charge in [-0.2, -0.15) is 0 Å². The summed E-state index contributed by atoms with van der Waals surface area (Å²) in [6.07, 6.45) is 30.6. The molecule has 0 unspecified atom stereocenters. The molecule has 59 heavy (non-hydrogen) atoms. The van der Waals surface area contributed by atoms with Crippen molar-refractivity contribution in [2.24, 2.45) is 0 Å². The van der Waals surface area contributed by atoms with Crippen LogP contribution in [0.1, 0.15) is 203 Å². The van der Waals surface area contributed by atoms with Crippen LogP contribution >= 0.6 is 17.2 Å². The molecule has 0 aromatic heterocycles. The van der Waals surface area contributed by atoms with Crippen LogP contribution in [0.25, 0.3) is 0 Å². The van der Waals surface area contributed by atoms with Crippen LogP contribution in [0.3, 0.4) is 0 Å². The molecule has 0 heterocycles. The molecular weight excluding hydrogens is 793 g/mol. The molecule has 0 saturated heterocycles. The second kappa shape index (κ2) is 32.9. The molecule has 4 rings (SSSR count). The Bertz CT molecular complexity index is 1440. The number of benzene rings is 4. The van der Waals surface area contributed by atoms with Crippen LogP contribution in [-0.4, -0.2) is 0 Å². The van der Waals surface area contributed by atoms with E-state index in [2.05, 4.69) is 128 Å². The Morgan fingerprint density at radius 2 is 0.458 bits per heavy atom. The Kier molecular flexibility index (Phi) is 29.7. The Hall–Kier alpha value is -1.77. The van der Waals surface area contributed by atoms with Crippen molar-refractivity contribution in [2.75, 3.05) is 0 Å². The fourth-order valence-corrected chi connectivity index (χ4v) is 11.3. The Morgan fingerprint density at radius 3 is 0.644 bits per heavy atom. The van der Waals surface area contributed by atoms with Gasteiger partial charge >= 0.3 is 0 Å². The average molecular weight is 880 g/mol. The first-order chi connectivity index (χ1) is 28.5.